The number of hydrogen-bond donors (Lipinski definition) is 1. The maximum atomic E-state index is 8.64. The Labute approximate surface area is 103 Å². The second-order valence-corrected chi connectivity index (χ2v) is 4.31. The second-order valence-electron chi connectivity index (χ2n) is 3.07. The minimum atomic E-state index is -0.250. The molecule has 1 aromatic carbocycles. The topological polar surface area (TPSA) is 74.0 Å². The molecule has 4 nitrogen and oxygen atoms in total. The van der Waals surface area contributed by atoms with Crippen molar-refractivity contribution in [3.8, 4) is 16.6 Å². The van der Waals surface area contributed by atoms with E-state index in [9.17, 15) is 0 Å². The van der Waals surface area contributed by atoms with Gasteiger partial charge in [-0.2, -0.15) is 5.26 Å². The van der Waals surface area contributed by atoms with Crippen LogP contribution in [0.2, 0.25) is 0 Å². The lowest BCUT2D eigenvalue weighted by Gasteiger charge is -1.94. The molecule has 0 radical (unpaired) electrons. The van der Waals surface area contributed by atoms with Crippen molar-refractivity contribution < 1.29 is 9.90 Å². The SMILES string of the molecule is Cc1cnc(-c2ccc(C#N)cc2)s1.O=CO. The van der Waals surface area contributed by atoms with Crippen LogP contribution in [-0.4, -0.2) is 16.6 Å². The van der Waals surface area contributed by atoms with Crippen molar-refractivity contribution in [3.63, 3.8) is 0 Å². The number of aromatic nitrogens is 1. The van der Waals surface area contributed by atoms with Gasteiger partial charge in [0.05, 0.1) is 11.6 Å². The summed E-state index contributed by atoms with van der Waals surface area (Å²) >= 11 is 1.66. The van der Waals surface area contributed by atoms with Crippen molar-refractivity contribution in [1.82, 2.24) is 4.98 Å². The second kappa shape index (κ2) is 6.40. The van der Waals surface area contributed by atoms with Gasteiger partial charge in [0.15, 0.2) is 0 Å². The van der Waals surface area contributed by atoms with Crippen molar-refractivity contribution in [2.24, 2.45) is 0 Å². The van der Waals surface area contributed by atoms with Gasteiger partial charge in [-0.05, 0) is 19.1 Å². The van der Waals surface area contributed by atoms with Crippen LogP contribution in [-0.2, 0) is 4.79 Å². The summed E-state index contributed by atoms with van der Waals surface area (Å²) in [5.41, 5.74) is 1.75. The largest absolute Gasteiger partial charge is 0.483 e. The minimum Gasteiger partial charge on any atom is -0.483 e. The standard InChI is InChI=1S/C11H8N2S.CH2O2/c1-8-7-13-11(14-8)10-4-2-9(6-12)3-5-10;2-1-3/h2-5,7H,1H3;1H,(H,2,3). The van der Waals surface area contributed by atoms with Crippen molar-refractivity contribution in [2.75, 3.05) is 0 Å². The van der Waals surface area contributed by atoms with Gasteiger partial charge >= 0.3 is 0 Å². The van der Waals surface area contributed by atoms with E-state index in [1.54, 1.807) is 11.3 Å². The highest BCUT2D eigenvalue weighted by Gasteiger charge is 2.01. The predicted octanol–water partition coefficient (Wildman–Crippen LogP) is 2.69. The lowest BCUT2D eigenvalue weighted by molar-refractivity contribution is -0.122. The van der Waals surface area contributed by atoms with Crippen LogP contribution in [0.3, 0.4) is 0 Å². The summed E-state index contributed by atoms with van der Waals surface area (Å²) in [6.07, 6.45) is 1.86. The molecule has 0 aliphatic rings. The molecule has 0 aliphatic carbocycles. The van der Waals surface area contributed by atoms with E-state index in [2.05, 4.69) is 11.1 Å². The molecule has 5 heteroatoms. The smallest absolute Gasteiger partial charge is 0.290 e. The number of nitrogens with zero attached hydrogens (tertiary/aromatic N) is 2. The molecule has 0 fully saturated rings. The molecule has 0 amide bonds. The average Bonchev–Trinajstić information content (AvgIpc) is 2.77. The first-order chi connectivity index (χ1) is 8.21. The summed E-state index contributed by atoms with van der Waals surface area (Å²) < 4.78 is 0. The van der Waals surface area contributed by atoms with Crippen molar-refractivity contribution >= 4 is 17.8 Å². The van der Waals surface area contributed by atoms with Gasteiger partial charge in [-0.25, -0.2) is 4.98 Å². The van der Waals surface area contributed by atoms with E-state index >= 15 is 0 Å². The predicted molar refractivity (Wildman–Crippen MR) is 65.7 cm³/mol. The Hall–Kier alpha value is -2.19. The summed E-state index contributed by atoms with van der Waals surface area (Å²) in [6.45, 7) is 1.78. The molecule has 0 unspecified atom stereocenters. The van der Waals surface area contributed by atoms with Gasteiger partial charge in [0.1, 0.15) is 5.01 Å². The molecule has 2 aromatic rings. The molecular weight excluding hydrogens is 236 g/mol. The summed E-state index contributed by atoms with van der Waals surface area (Å²) in [5, 5.41) is 16.5. The summed E-state index contributed by atoms with van der Waals surface area (Å²) in [5.74, 6) is 0. The quantitative estimate of drug-likeness (QED) is 0.785. The van der Waals surface area contributed by atoms with E-state index < -0.39 is 0 Å². The van der Waals surface area contributed by atoms with Gasteiger partial charge in [-0.3, -0.25) is 4.79 Å². The number of aryl methyl sites for hydroxylation is 1. The molecule has 0 atom stereocenters. The first kappa shape index (κ1) is 12.9. The highest BCUT2D eigenvalue weighted by atomic mass is 32.1. The average molecular weight is 246 g/mol. The Balaban J connectivity index is 0.000000437. The van der Waals surface area contributed by atoms with E-state index in [4.69, 9.17) is 15.2 Å². The van der Waals surface area contributed by atoms with Crippen molar-refractivity contribution in [3.05, 3.63) is 40.9 Å². The van der Waals surface area contributed by atoms with Crippen molar-refractivity contribution in [1.29, 1.82) is 5.26 Å². The van der Waals surface area contributed by atoms with Crippen LogP contribution in [0, 0.1) is 18.3 Å². The molecule has 86 valence electrons. The Morgan fingerprint density at radius 1 is 1.41 bits per heavy atom. The number of thiazole rings is 1. The number of hydrogen-bond acceptors (Lipinski definition) is 4. The molecule has 17 heavy (non-hydrogen) atoms. The molecule has 0 saturated carbocycles. The zero-order valence-corrected chi connectivity index (χ0v) is 9.94. The molecule has 2 rings (SSSR count). The molecule has 0 saturated heterocycles. The van der Waals surface area contributed by atoms with Crippen LogP contribution < -0.4 is 0 Å². The maximum Gasteiger partial charge on any atom is 0.290 e. The van der Waals surface area contributed by atoms with E-state index in [1.807, 2.05) is 37.4 Å². The zero-order valence-electron chi connectivity index (χ0n) is 9.12. The van der Waals surface area contributed by atoms with Crippen molar-refractivity contribution in [2.45, 2.75) is 6.92 Å². The van der Waals surface area contributed by atoms with Crippen LogP contribution in [0.25, 0.3) is 10.6 Å². The third-order valence-corrected chi connectivity index (χ3v) is 2.84. The Kier molecular flexibility index (Phi) is 4.85. The van der Waals surface area contributed by atoms with Gasteiger partial charge in [0, 0.05) is 16.6 Å². The van der Waals surface area contributed by atoms with Crippen LogP contribution in [0.4, 0.5) is 0 Å². The molecule has 0 spiro atoms. The van der Waals surface area contributed by atoms with Crippen LogP contribution >= 0.6 is 11.3 Å². The van der Waals surface area contributed by atoms with Gasteiger partial charge in [-0.1, -0.05) is 12.1 Å². The van der Waals surface area contributed by atoms with Gasteiger partial charge in [0.2, 0.25) is 0 Å². The third-order valence-electron chi connectivity index (χ3n) is 1.88. The normalized spacial score (nSPS) is 8.71. The lowest BCUT2D eigenvalue weighted by Crippen LogP contribution is -1.76. The molecule has 0 aliphatic heterocycles. The molecule has 0 bridgehead atoms. The number of carbonyl (C=O) groups is 1. The first-order valence-corrected chi connectivity index (χ1v) is 5.53. The summed E-state index contributed by atoms with van der Waals surface area (Å²) in [4.78, 5) is 13.8. The van der Waals surface area contributed by atoms with E-state index in [0.29, 0.717) is 5.56 Å². The Morgan fingerprint density at radius 2 is 2.00 bits per heavy atom. The fourth-order valence-electron chi connectivity index (χ4n) is 1.18. The fraction of sp³-hybridized carbons (Fsp3) is 0.0833. The van der Waals surface area contributed by atoms with Crippen LogP contribution in [0.15, 0.2) is 30.5 Å². The molecular formula is C12H10N2O2S. The minimum absolute atomic E-state index is 0.250. The first-order valence-electron chi connectivity index (χ1n) is 4.72. The Morgan fingerprint density at radius 3 is 2.41 bits per heavy atom. The number of rotatable bonds is 1. The third kappa shape index (κ3) is 3.70. The van der Waals surface area contributed by atoms with E-state index in [-0.39, 0.29) is 6.47 Å². The van der Waals surface area contributed by atoms with Gasteiger partial charge in [0.25, 0.3) is 6.47 Å². The monoisotopic (exact) mass is 246 g/mol. The van der Waals surface area contributed by atoms with Gasteiger partial charge < -0.3 is 5.11 Å². The molecule has 1 heterocycles. The van der Waals surface area contributed by atoms with Crippen LogP contribution in [0.1, 0.15) is 10.4 Å². The lowest BCUT2D eigenvalue weighted by atomic mass is 10.1. The highest BCUT2D eigenvalue weighted by Crippen LogP contribution is 2.24. The molecule has 1 N–H and O–H groups in total. The maximum absolute atomic E-state index is 8.64. The summed E-state index contributed by atoms with van der Waals surface area (Å²) in [6, 6.07) is 9.57. The highest BCUT2D eigenvalue weighted by molar-refractivity contribution is 7.14. The van der Waals surface area contributed by atoms with E-state index in [1.165, 1.54) is 4.88 Å². The fourth-order valence-corrected chi connectivity index (χ4v) is 1.95. The number of nitriles is 1. The van der Waals surface area contributed by atoms with E-state index in [0.717, 1.165) is 10.6 Å². The Bertz CT molecular complexity index is 526. The number of benzene rings is 1. The zero-order chi connectivity index (χ0) is 12.7. The van der Waals surface area contributed by atoms with Crippen LogP contribution in [0.5, 0.6) is 0 Å². The number of carboxylic acid groups (broad SMARTS) is 1. The summed E-state index contributed by atoms with van der Waals surface area (Å²) in [7, 11) is 0. The molecule has 1 aromatic heterocycles. The van der Waals surface area contributed by atoms with Gasteiger partial charge in [-0.15, -0.1) is 11.3 Å².